The fourth-order valence-electron chi connectivity index (χ4n) is 11.0. The topological polar surface area (TPSA) is 167 Å². The van der Waals surface area contributed by atoms with Crippen LogP contribution in [-0.2, 0) is 25.6 Å². The molecule has 6 unspecified atom stereocenters. The lowest BCUT2D eigenvalue weighted by Crippen LogP contribution is -2.78. The number of piperazine rings is 1. The van der Waals surface area contributed by atoms with Crippen molar-refractivity contribution in [1.29, 1.82) is 0 Å². The lowest BCUT2D eigenvalue weighted by molar-refractivity contribution is -0.203. The largest absolute Gasteiger partial charge is 0.482 e. The molecule has 6 atom stereocenters. The molecular weight excluding hydrogens is 893 g/mol. The number of likely N-dealkylation sites (N-methyl/N-ethyl adjacent to an activating group) is 1. The summed E-state index contributed by atoms with van der Waals surface area (Å²) in [6.45, 7) is 18.6. The van der Waals surface area contributed by atoms with Crippen molar-refractivity contribution < 1.29 is 43.6 Å². The van der Waals surface area contributed by atoms with Crippen LogP contribution in [0.3, 0.4) is 0 Å². The molecule has 2 amide bonds. The standard InChI is InChI=1S/C55H70N4O9S/c1-32(2)13-12-22-53(8)23-21-37-47(67-53)36(17-16-33(3)4)49-44(48(37)66-43(62)19-18-42(61)59-28-26-58(9)27-29-59)46-45-50(69-41-15-11-10-14-40(41)57-46)38-31-39(34(5)6)55(45,68-49)54(65,51(38)63)24-20-35(7)52(64)56-25-30-60/h10-11,13-16,20-21,23,34,38-39,50,57,60,65H,12,17-19,22,24-31H2,1-9H3,(H,56,64)/b35-20-. The van der Waals surface area contributed by atoms with Gasteiger partial charge in [0.15, 0.2) is 22.7 Å². The number of anilines is 1. The minimum absolute atomic E-state index is 0.0178. The van der Waals surface area contributed by atoms with E-state index < -0.39 is 45.8 Å². The summed E-state index contributed by atoms with van der Waals surface area (Å²) in [5.74, 6) is -1.58. The summed E-state index contributed by atoms with van der Waals surface area (Å²) in [5.41, 5.74) is 1.70. The van der Waals surface area contributed by atoms with Gasteiger partial charge in [0.2, 0.25) is 11.8 Å². The van der Waals surface area contributed by atoms with Gasteiger partial charge in [-0.15, -0.1) is 11.8 Å². The lowest BCUT2D eigenvalue weighted by atomic mass is 9.47. The van der Waals surface area contributed by atoms with Crippen LogP contribution in [0, 0.1) is 17.8 Å². The molecule has 69 heavy (non-hydrogen) atoms. The Morgan fingerprint density at radius 1 is 1.00 bits per heavy atom. The Morgan fingerprint density at radius 2 is 1.72 bits per heavy atom. The Labute approximate surface area is 411 Å². The normalized spacial score (nSPS) is 26.6. The number of benzene rings is 2. The fraction of sp³-hybridized carbons (Fsp3) is 0.527. The number of hydrogen-bond donors (Lipinski definition) is 4. The number of aliphatic hydroxyl groups excluding tert-OH is 1. The Hall–Kier alpha value is -5.15. The number of amides is 2. The van der Waals surface area contributed by atoms with Crippen LogP contribution in [0.1, 0.15) is 111 Å². The molecule has 370 valence electrons. The van der Waals surface area contributed by atoms with Gasteiger partial charge in [0.05, 0.1) is 35.5 Å². The minimum atomic E-state index is -2.17. The zero-order chi connectivity index (χ0) is 49.6. The zero-order valence-electron chi connectivity index (χ0n) is 41.8. The number of fused-ring (bicyclic) bond motifs is 6. The van der Waals surface area contributed by atoms with Crippen LogP contribution in [0.2, 0.25) is 0 Å². The van der Waals surface area contributed by atoms with Crippen LogP contribution in [0.5, 0.6) is 17.2 Å². The summed E-state index contributed by atoms with van der Waals surface area (Å²) in [6, 6.07) is 7.92. The molecule has 2 aromatic rings. The summed E-state index contributed by atoms with van der Waals surface area (Å²) in [4.78, 5) is 61.5. The van der Waals surface area contributed by atoms with Gasteiger partial charge in [-0.2, -0.15) is 0 Å². The maximum Gasteiger partial charge on any atom is 0.311 e. The van der Waals surface area contributed by atoms with E-state index in [0.29, 0.717) is 71.8 Å². The SMILES string of the molecule is CC(C)=CCCC1(C)C=Cc2c(c(CC=C(C)C)c3c(c2OC(=O)CCC(=O)N2CCN(C)CC2)C2=C4C(Sc5ccccc5N2)C2CC(C(C)C)C4(O3)C(O)(C/C=C(/C)C(=O)NCCO)C2=O)O1. The number of ether oxygens (including phenoxy) is 3. The minimum Gasteiger partial charge on any atom is -0.482 e. The summed E-state index contributed by atoms with van der Waals surface area (Å²) >= 11 is 1.57. The summed E-state index contributed by atoms with van der Waals surface area (Å²) in [6.07, 6.45) is 11.7. The second kappa shape index (κ2) is 19.9. The molecule has 4 N–H and O–H groups in total. The van der Waals surface area contributed by atoms with E-state index in [4.69, 9.17) is 14.2 Å². The van der Waals surface area contributed by atoms with E-state index >= 15 is 4.79 Å². The van der Waals surface area contributed by atoms with Gasteiger partial charge in [0.1, 0.15) is 17.1 Å². The van der Waals surface area contributed by atoms with E-state index in [0.717, 1.165) is 35.7 Å². The third-order valence-corrected chi connectivity index (χ3v) is 16.3. The Morgan fingerprint density at radius 3 is 2.42 bits per heavy atom. The number of nitrogens with zero attached hydrogens (tertiary/aromatic N) is 2. The molecule has 4 fully saturated rings. The quantitative estimate of drug-likeness (QED) is 0.0588. The van der Waals surface area contributed by atoms with Crippen molar-refractivity contribution in [2.45, 2.75) is 127 Å². The number of esters is 1. The number of thioether (sulfide) groups is 1. The van der Waals surface area contributed by atoms with Crippen LogP contribution in [0.4, 0.5) is 5.69 Å². The number of aliphatic hydroxyl groups is 2. The van der Waals surface area contributed by atoms with E-state index in [-0.39, 0.29) is 61.3 Å². The summed E-state index contributed by atoms with van der Waals surface area (Å²) in [5, 5.41) is 29.2. The molecule has 7 aliphatic rings. The Bertz CT molecular complexity index is 2560. The molecule has 13 nitrogen and oxygen atoms in total. The van der Waals surface area contributed by atoms with Crippen LogP contribution >= 0.6 is 11.8 Å². The van der Waals surface area contributed by atoms with E-state index in [2.05, 4.69) is 55.4 Å². The van der Waals surface area contributed by atoms with Crippen LogP contribution in [0.25, 0.3) is 11.8 Å². The van der Waals surface area contributed by atoms with Gasteiger partial charge >= 0.3 is 5.97 Å². The van der Waals surface area contributed by atoms with Gasteiger partial charge in [-0.3, -0.25) is 19.2 Å². The number of Topliss-reactive ketones (excluding diaryl/α,β-unsaturated/α-hetero) is 1. The predicted octanol–water partition coefficient (Wildman–Crippen LogP) is 8.05. The molecular formula is C55H70N4O9S. The van der Waals surface area contributed by atoms with Crippen molar-refractivity contribution in [2.75, 3.05) is 51.7 Å². The van der Waals surface area contributed by atoms with Crippen LogP contribution in [-0.4, -0.2) is 112 Å². The molecule has 0 radical (unpaired) electrons. The van der Waals surface area contributed by atoms with Crippen LogP contribution < -0.4 is 24.8 Å². The summed E-state index contributed by atoms with van der Waals surface area (Å²) < 4.78 is 21.6. The molecule has 3 aliphatic carbocycles. The first-order valence-corrected chi connectivity index (χ1v) is 25.5. The third kappa shape index (κ3) is 9.34. The second-order valence-electron chi connectivity index (χ2n) is 20.7. The maximum atomic E-state index is 15.5. The molecule has 4 heterocycles. The van der Waals surface area contributed by atoms with E-state index in [1.54, 1.807) is 29.7 Å². The molecule has 0 aromatic heterocycles. The van der Waals surface area contributed by atoms with Gasteiger partial charge in [-0.1, -0.05) is 55.4 Å². The number of rotatable bonds is 15. The van der Waals surface area contributed by atoms with Crippen molar-refractivity contribution in [2.24, 2.45) is 17.8 Å². The molecule has 1 saturated heterocycles. The van der Waals surface area contributed by atoms with Gasteiger partial charge in [-0.25, -0.2) is 0 Å². The first-order valence-electron chi connectivity index (χ1n) is 24.7. The average molecular weight is 963 g/mol. The average Bonchev–Trinajstić information content (AvgIpc) is 3.48. The number of carbonyl (C=O) groups is 4. The number of ketones is 1. The van der Waals surface area contributed by atoms with Crippen molar-refractivity contribution >= 4 is 52.8 Å². The van der Waals surface area contributed by atoms with E-state index in [1.165, 1.54) is 5.57 Å². The molecule has 2 aromatic carbocycles. The first kappa shape index (κ1) is 50.2. The molecule has 2 bridgehead atoms. The highest BCUT2D eigenvalue weighted by Crippen LogP contribution is 2.69. The van der Waals surface area contributed by atoms with Crippen molar-refractivity contribution in [3.63, 3.8) is 0 Å². The summed E-state index contributed by atoms with van der Waals surface area (Å²) in [7, 11) is 2.03. The lowest BCUT2D eigenvalue weighted by Gasteiger charge is -2.64. The van der Waals surface area contributed by atoms with E-state index in [9.17, 15) is 24.6 Å². The molecule has 4 aliphatic heterocycles. The molecule has 14 heteroatoms. The van der Waals surface area contributed by atoms with Gasteiger partial charge in [-0.05, 0) is 104 Å². The zero-order valence-corrected chi connectivity index (χ0v) is 42.6. The number of carbonyl (C=O) groups excluding carboxylic acids is 4. The number of hydrogen-bond acceptors (Lipinski definition) is 12. The predicted molar refractivity (Wildman–Crippen MR) is 270 cm³/mol. The van der Waals surface area contributed by atoms with Crippen LogP contribution in [0.15, 0.2) is 75.8 Å². The number of para-hydroxylation sites is 1. The Kier molecular flexibility index (Phi) is 14.5. The van der Waals surface area contributed by atoms with Crippen molar-refractivity contribution in [3.05, 3.63) is 87.6 Å². The number of allylic oxidation sites excluding steroid dienone is 4. The van der Waals surface area contributed by atoms with Crippen molar-refractivity contribution in [3.8, 4) is 17.2 Å². The Balaban J connectivity index is 1.39. The van der Waals surface area contributed by atoms with Gasteiger partial charge < -0.3 is 44.9 Å². The smallest absolute Gasteiger partial charge is 0.311 e. The first-order chi connectivity index (χ1) is 32.8. The number of nitrogens with one attached hydrogen (secondary N) is 2. The molecule has 3 saturated carbocycles. The van der Waals surface area contributed by atoms with Crippen molar-refractivity contribution in [1.82, 2.24) is 15.1 Å². The highest BCUT2D eigenvalue weighted by Gasteiger charge is 2.76. The highest BCUT2D eigenvalue weighted by atomic mass is 32.2. The fourth-order valence-corrected chi connectivity index (χ4v) is 12.5. The maximum absolute atomic E-state index is 15.5. The van der Waals surface area contributed by atoms with E-state index in [1.807, 2.05) is 64.2 Å². The molecule has 1 spiro atoms. The monoisotopic (exact) mass is 962 g/mol. The van der Waals surface area contributed by atoms with Gasteiger partial charge in [0, 0.05) is 84.3 Å². The third-order valence-electron chi connectivity index (χ3n) is 14.8. The highest BCUT2D eigenvalue weighted by molar-refractivity contribution is 8.00. The molecule has 9 rings (SSSR count). The van der Waals surface area contributed by atoms with Gasteiger partial charge in [0.25, 0.3) is 0 Å². The second-order valence-corrected chi connectivity index (χ2v) is 21.9.